The molecule has 5 nitrogen and oxygen atoms in total. The number of morpholine rings is 1. The van der Waals surface area contributed by atoms with Crippen molar-refractivity contribution in [3.63, 3.8) is 0 Å². The number of H-pyrrole nitrogens is 1. The van der Waals surface area contributed by atoms with Gasteiger partial charge < -0.3 is 9.72 Å². The Bertz CT molecular complexity index is 1220. The van der Waals surface area contributed by atoms with Gasteiger partial charge >= 0.3 is 0 Å². The van der Waals surface area contributed by atoms with Crippen molar-refractivity contribution < 1.29 is 9.13 Å². The Kier molecular flexibility index (Phi) is 5.16. The fourth-order valence-corrected chi connectivity index (χ4v) is 4.79. The first-order valence-electron chi connectivity index (χ1n) is 9.83. The number of halogens is 1. The molecule has 1 atom stereocenters. The predicted molar refractivity (Wildman–Crippen MR) is 116 cm³/mol. The summed E-state index contributed by atoms with van der Waals surface area (Å²) < 4.78 is 19.1. The van der Waals surface area contributed by atoms with Crippen LogP contribution in [-0.4, -0.2) is 34.6 Å². The fourth-order valence-electron chi connectivity index (χ4n) is 3.73. The molecule has 0 aliphatic carbocycles. The van der Waals surface area contributed by atoms with Gasteiger partial charge in [0.15, 0.2) is 0 Å². The average molecular weight is 421 g/mol. The van der Waals surface area contributed by atoms with E-state index in [0.29, 0.717) is 30.9 Å². The lowest BCUT2D eigenvalue weighted by molar-refractivity contribution is -0.0336. The topological polar surface area (TPSA) is 58.2 Å². The van der Waals surface area contributed by atoms with E-state index in [1.807, 2.05) is 36.4 Å². The van der Waals surface area contributed by atoms with E-state index in [4.69, 9.17) is 9.72 Å². The Labute approximate surface area is 176 Å². The zero-order valence-corrected chi connectivity index (χ0v) is 17.0. The summed E-state index contributed by atoms with van der Waals surface area (Å²) in [7, 11) is 0. The molecule has 1 N–H and O–H groups in total. The monoisotopic (exact) mass is 421 g/mol. The number of fused-ring (bicyclic) bond motifs is 1. The zero-order valence-electron chi connectivity index (χ0n) is 16.2. The summed E-state index contributed by atoms with van der Waals surface area (Å²) in [5, 5.41) is 0.619. The number of aromatic nitrogens is 2. The smallest absolute Gasteiger partial charge is 0.259 e. The van der Waals surface area contributed by atoms with Crippen LogP contribution in [0.15, 0.2) is 65.5 Å². The first-order valence-corrected chi connectivity index (χ1v) is 10.6. The second kappa shape index (κ2) is 8.10. The van der Waals surface area contributed by atoms with Crippen LogP contribution in [0.2, 0.25) is 0 Å². The van der Waals surface area contributed by atoms with Crippen molar-refractivity contribution in [2.75, 3.05) is 19.7 Å². The summed E-state index contributed by atoms with van der Waals surface area (Å²) >= 11 is 1.53. The average Bonchev–Trinajstić information content (AvgIpc) is 3.20. The molecule has 1 unspecified atom stereocenters. The first-order chi connectivity index (χ1) is 14.7. The van der Waals surface area contributed by atoms with Gasteiger partial charge in [-0.15, -0.1) is 11.3 Å². The van der Waals surface area contributed by atoms with Crippen molar-refractivity contribution in [1.82, 2.24) is 14.9 Å². The quantitative estimate of drug-likeness (QED) is 0.532. The lowest BCUT2D eigenvalue weighted by Gasteiger charge is -2.32. The highest BCUT2D eigenvalue weighted by molar-refractivity contribution is 7.21. The molecule has 0 radical (unpaired) electrons. The molecule has 3 heterocycles. The largest absolute Gasteiger partial charge is 0.371 e. The van der Waals surface area contributed by atoms with E-state index in [1.54, 1.807) is 12.1 Å². The normalized spacial score (nSPS) is 17.4. The maximum absolute atomic E-state index is 13.2. The van der Waals surface area contributed by atoms with Crippen LogP contribution in [0.5, 0.6) is 0 Å². The van der Waals surface area contributed by atoms with Crippen molar-refractivity contribution in [2.24, 2.45) is 0 Å². The zero-order chi connectivity index (χ0) is 20.5. The van der Waals surface area contributed by atoms with Crippen molar-refractivity contribution in [3.8, 4) is 10.4 Å². The number of hydrogen-bond acceptors (Lipinski definition) is 5. The Hall–Kier alpha value is -2.87. The highest BCUT2D eigenvalue weighted by Crippen LogP contribution is 2.31. The van der Waals surface area contributed by atoms with Crippen LogP contribution in [0.4, 0.5) is 4.39 Å². The first kappa shape index (κ1) is 19.1. The fraction of sp³-hybridized carbons (Fsp3) is 0.217. The molecule has 0 saturated carbocycles. The number of ether oxygens (including phenoxy) is 1. The van der Waals surface area contributed by atoms with Gasteiger partial charge in [0, 0.05) is 18.0 Å². The Morgan fingerprint density at radius 1 is 1.17 bits per heavy atom. The third kappa shape index (κ3) is 3.92. The van der Waals surface area contributed by atoms with E-state index in [1.165, 1.54) is 23.5 Å². The molecule has 5 rings (SSSR count). The van der Waals surface area contributed by atoms with Crippen LogP contribution in [-0.2, 0) is 11.3 Å². The minimum Gasteiger partial charge on any atom is -0.371 e. The maximum Gasteiger partial charge on any atom is 0.259 e. The third-order valence-corrected chi connectivity index (χ3v) is 6.35. The summed E-state index contributed by atoms with van der Waals surface area (Å²) in [6.45, 7) is 2.52. The van der Waals surface area contributed by atoms with E-state index in [0.717, 1.165) is 27.4 Å². The number of nitrogens with one attached hydrogen (secondary N) is 1. The van der Waals surface area contributed by atoms with Gasteiger partial charge in [0.25, 0.3) is 5.56 Å². The van der Waals surface area contributed by atoms with Crippen LogP contribution >= 0.6 is 11.3 Å². The number of aromatic amines is 1. The van der Waals surface area contributed by atoms with Gasteiger partial charge in [0.1, 0.15) is 16.5 Å². The molecule has 4 aromatic rings. The van der Waals surface area contributed by atoms with Gasteiger partial charge in [-0.3, -0.25) is 9.69 Å². The molecule has 2 aromatic carbocycles. The van der Waals surface area contributed by atoms with Gasteiger partial charge in [0.05, 0.1) is 24.6 Å². The Balaban J connectivity index is 1.37. The molecule has 1 aliphatic rings. The Morgan fingerprint density at radius 3 is 2.77 bits per heavy atom. The molecule has 0 amide bonds. The summed E-state index contributed by atoms with van der Waals surface area (Å²) in [4.78, 5) is 24.3. The van der Waals surface area contributed by atoms with Crippen LogP contribution in [0.3, 0.4) is 0 Å². The molecule has 2 aromatic heterocycles. The van der Waals surface area contributed by atoms with Gasteiger partial charge in [-0.25, -0.2) is 9.37 Å². The summed E-state index contributed by atoms with van der Waals surface area (Å²) in [6, 6.07) is 18.3. The number of hydrogen-bond donors (Lipinski definition) is 1. The maximum atomic E-state index is 13.2. The molecule has 1 saturated heterocycles. The van der Waals surface area contributed by atoms with Crippen molar-refractivity contribution >= 4 is 21.6 Å². The van der Waals surface area contributed by atoms with Gasteiger partial charge in [-0.2, -0.15) is 0 Å². The van der Waals surface area contributed by atoms with Crippen molar-refractivity contribution in [1.29, 1.82) is 0 Å². The van der Waals surface area contributed by atoms with Crippen molar-refractivity contribution in [3.05, 3.63) is 88.2 Å². The van der Waals surface area contributed by atoms with Gasteiger partial charge in [-0.05, 0) is 29.3 Å². The minimum atomic E-state index is -0.257. The molecule has 152 valence electrons. The van der Waals surface area contributed by atoms with E-state index in [-0.39, 0.29) is 17.5 Å². The van der Waals surface area contributed by atoms with Crippen LogP contribution < -0.4 is 5.56 Å². The summed E-state index contributed by atoms with van der Waals surface area (Å²) in [5.41, 5.74) is 1.91. The van der Waals surface area contributed by atoms with E-state index < -0.39 is 0 Å². The lowest BCUT2D eigenvalue weighted by Crippen LogP contribution is -2.38. The van der Waals surface area contributed by atoms with Crippen LogP contribution in [0, 0.1) is 5.82 Å². The SMILES string of the molecule is O=c1[nH]c(CN2CCOC(c3ccc(F)cc3)C2)nc2sc(-c3ccccc3)cc12. The van der Waals surface area contributed by atoms with Gasteiger partial charge in [-0.1, -0.05) is 42.5 Å². The lowest BCUT2D eigenvalue weighted by atomic mass is 10.1. The highest BCUT2D eigenvalue weighted by Gasteiger charge is 2.23. The highest BCUT2D eigenvalue weighted by atomic mass is 32.1. The minimum absolute atomic E-state index is 0.114. The molecule has 0 bridgehead atoms. The molecule has 7 heteroatoms. The summed E-state index contributed by atoms with van der Waals surface area (Å²) in [6.07, 6.45) is -0.124. The molecular weight excluding hydrogens is 401 g/mol. The van der Waals surface area contributed by atoms with E-state index >= 15 is 0 Å². The number of benzene rings is 2. The van der Waals surface area contributed by atoms with E-state index in [9.17, 15) is 9.18 Å². The van der Waals surface area contributed by atoms with Crippen molar-refractivity contribution in [2.45, 2.75) is 12.6 Å². The van der Waals surface area contributed by atoms with Crippen LogP contribution in [0.25, 0.3) is 20.7 Å². The number of rotatable bonds is 4. The molecule has 1 aliphatic heterocycles. The molecule has 30 heavy (non-hydrogen) atoms. The molecule has 1 fully saturated rings. The Morgan fingerprint density at radius 2 is 1.97 bits per heavy atom. The second-order valence-corrected chi connectivity index (χ2v) is 8.38. The number of thiophene rings is 1. The number of nitrogens with zero attached hydrogens (tertiary/aromatic N) is 2. The van der Waals surface area contributed by atoms with Crippen LogP contribution in [0.1, 0.15) is 17.5 Å². The van der Waals surface area contributed by atoms with Gasteiger partial charge in [0.2, 0.25) is 0 Å². The summed E-state index contributed by atoms with van der Waals surface area (Å²) in [5.74, 6) is 0.390. The third-order valence-electron chi connectivity index (χ3n) is 5.28. The molecule has 0 spiro atoms. The predicted octanol–water partition coefficient (Wildman–Crippen LogP) is 4.36. The van der Waals surface area contributed by atoms with E-state index in [2.05, 4.69) is 9.88 Å². The second-order valence-electron chi connectivity index (χ2n) is 7.35. The standard InChI is InChI=1S/C23H20FN3O2S/c24-17-8-6-15(7-9-17)19-13-27(10-11-29-19)14-21-25-22(28)18-12-20(30-23(18)26-21)16-4-2-1-3-5-16/h1-9,12,19H,10-11,13-14H2,(H,25,26,28). The molecular formula is C23H20FN3O2S.